The molecule has 0 bridgehead atoms. The summed E-state index contributed by atoms with van der Waals surface area (Å²) in [6, 6.07) is 12.4. The maximum atomic E-state index is 12.7. The Kier molecular flexibility index (Phi) is 5.26. The van der Waals surface area contributed by atoms with Crippen molar-refractivity contribution in [2.24, 2.45) is 5.92 Å². The summed E-state index contributed by atoms with van der Waals surface area (Å²) in [4.78, 5) is 38.4. The van der Waals surface area contributed by atoms with E-state index in [1.165, 1.54) is 7.11 Å². The van der Waals surface area contributed by atoms with E-state index in [9.17, 15) is 14.4 Å². The highest BCUT2D eigenvalue weighted by Crippen LogP contribution is 2.27. The molecule has 1 N–H and O–H groups in total. The molecule has 27 heavy (non-hydrogen) atoms. The predicted molar refractivity (Wildman–Crippen MR) is 103 cm³/mol. The van der Waals surface area contributed by atoms with E-state index in [-0.39, 0.29) is 24.8 Å². The molecule has 0 aromatic heterocycles. The van der Waals surface area contributed by atoms with Gasteiger partial charge in [-0.25, -0.2) is 4.79 Å². The summed E-state index contributed by atoms with van der Waals surface area (Å²) in [7, 11) is 1.31. The molecule has 3 rings (SSSR count). The zero-order valence-corrected chi connectivity index (χ0v) is 15.6. The number of hydrogen-bond donors (Lipinski definition) is 1. The van der Waals surface area contributed by atoms with Crippen LogP contribution in [0.15, 0.2) is 42.5 Å². The highest BCUT2D eigenvalue weighted by Gasteiger charge is 2.35. The molecule has 0 spiro atoms. The molecule has 6 heteroatoms. The third kappa shape index (κ3) is 3.84. The second-order valence-electron chi connectivity index (χ2n) is 6.68. The van der Waals surface area contributed by atoms with Gasteiger partial charge < -0.3 is 15.0 Å². The molecule has 1 unspecified atom stereocenters. The van der Waals surface area contributed by atoms with Crippen molar-refractivity contribution in [1.29, 1.82) is 0 Å². The number of ether oxygens (including phenoxy) is 1. The smallest absolute Gasteiger partial charge is 0.337 e. The van der Waals surface area contributed by atoms with E-state index in [1.54, 1.807) is 29.2 Å². The number of nitrogens with zero attached hydrogens (tertiary/aromatic N) is 1. The van der Waals surface area contributed by atoms with Gasteiger partial charge in [-0.3, -0.25) is 9.59 Å². The number of benzene rings is 2. The quantitative estimate of drug-likeness (QED) is 0.844. The molecule has 0 aliphatic carbocycles. The van der Waals surface area contributed by atoms with Crippen LogP contribution in [-0.4, -0.2) is 31.4 Å². The zero-order chi connectivity index (χ0) is 19.6. The fourth-order valence-electron chi connectivity index (χ4n) is 3.17. The molecular formula is C21H22N2O4. The fourth-order valence-corrected chi connectivity index (χ4v) is 3.17. The van der Waals surface area contributed by atoms with Crippen LogP contribution >= 0.6 is 0 Å². The lowest BCUT2D eigenvalue weighted by Crippen LogP contribution is -2.28. The van der Waals surface area contributed by atoms with Crippen molar-refractivity contribution >= 4 is 29.2 Å². The average Bonchev–Trinajstić information content (AvgIpc) is 3.06. The number of methoxy groups -OCH3 is 1. The first kappa shape index (κ1) is 18.6. The Bertz CT molecular complexity index is 907. The standard InChI is InChI=1S/C21H22N2O4/c1-13-6-4-9-18(14(13)2)22-20(25)16-11-19(24)23(12-16)17-8-5-7-15(10-17)21(26)27-3/h4-10,16H,11-12H2,1-3H3,(H,22,25). The van der Waals surface area contributed by atoms with E-state index in [1.807, 2.05) is 32.0 Å². The van der Waals surface area contributed by atoms with Crippen LogP contribution in [0.1, 0.15) is 27.9 Å². The van der Waals surface area contributed by atoms with Gasteiger partial charge in [0.25, 0.3) is 0 Å². The number of aryl methyl sites for hydroxylation is 1. The first-order chi connectivity index (χ1) is 12.9. The van der Waals surface area contributed by atoms with Gasteiger partial charge in [0.15, 0.2) is 0 Å². The normalized spacial score (nSPS) is 16.3. The molecule has 6 nitrogen and oxygen atoms in total. The molecule has 0 radical (unpaired) electrons. The Balaban J connectivity index is 1.74. The van der Waals surface area contributed by atoms with Gasteiger partial charge in [0.05, 0.1) is 18.6 Å². The summed E-state index contributed by atoms with van der Waals surface area (Å²) >= 11 is 0. The summed E-state index contributed by atoms with van der Waals surface area (Å²) in [6.45, 7) is 4.22. The molecular weight excluding hydrogens is 344 g/mol. The average molecular weight is 366 g/mol. The van der Waals surface area contributed by atoms with Crippen molar-refractivity contribution in [3.8, 4) is 0 Å². The third-order valence-electron chi connectivity index (χ3n) is 4.94. The summed E-state index contributed by atoms with van der Waals surface area (Å²) in [5.74, 6) is -1.23. The molecule has 2 amide bonds. The molecule has 1 saturated heterocycles. The van der Waals surface area contributed by atoms with Gasteiger partial charge in [-0.15, -0.1) is 0 Å². The molecule has 1 atom stereocenters. The summed E-state index contributed by atoms with van der Waals surface area (Å²) in [5.41, 5.74) is 3.82. The SMILES string of the molecule is COC(=O)c1cccc(N2CC(C(=O)Nc3cccc(C)c3C)CC2=O)c1. The molecule has 1 heterocycles. The van der Waals surface area contributed by atoms with Crippen molar-refractivity contribution in [1.82, 2.24) is 0 Å². The van der Waals surface area contributed by atoms with Crippen LogP contribution in [0.2, 0.25) is 0 Å². The molecule has 1 fully saturated rings. The second-order valence-corrected chi connectivity index (χ2v) is 6.68. The van der Waals surface area contributed by atoms with E-state index in [0.29, 0.717) is 11.3 Å². The highest BCUT2D eigenvalue weighted by molar-refractivity contribution is 6.04. The number of esters is 1. The lowest BCUT2D eigenvalue weighted by molar-refractivity contribution is -0.122. The summed E-state index contributed by atoms with van der Waals surface area (Å²) in [5, 5.41) is 2.93. The van der Waals surface area contributed by atoms with Crippen LogP contribution in [0.5, 0.6) is 0 Å². The van der Waals surface area contributed by atoms with E-state index in [0.717, 1.165) is 16.8 Å². The van der Waals surface area contributed by atoms with Crippen LogP contribution < -0.4 is 10.2 Å². The molecule has 0 saturated carbocycles. The van der Waals surface area contributed by atoms with Crippen molar-refractivity contribution in [3.63, 3.8) is 0 Å². The first-order valence-electron chi connectivity index (χ1n) is 8.76. The van der Waals surface area contributed by atoms with Crippen molar-refractivity contribution in [2.45, 2.75) is 20.3 Å². The Hall–Kier alpha value is -3.15. The minimum Gasteiger partial charge on any atom is -0.465 e. The number of hydrogen-bond acceptors (Lipinski definition) is 4. The van der Waals surface area contributed by atoms with Crippen molar-refractivity contribution < 1.29 is 19.1 Å². The van der Waals surface area contributed by atoms with Gasteiger partial charge in [-0.1, -0.05) is 18.2 Å². The first-order valence-corrected chi connectivity index (χ1v) is 8.76. The van der Waals surface area contributed by atoms with Crippen molar-refractivity contribution in [2.75, 3.05) is 23.9 Å². The lowest BCUT2D eigenvalue weighted by atomic mass is 10.1. The monoisotopic (exact) mass is 366 g/mol. The number of nitrogens with one attached hydrogen (secondary N) is 1. The van der Waals surface area contributed by atoms with E-state index in [2.05, 4.69) is 5.32 Å². The molecule has 1 aliphatic heterocycles. The number of anilines is 2. The van der Waals surface area contributed by atoms with Gasteiger partial charge in [0.1, 0.15) is 0 Å². The van der Waals surface area contributed by atoms with Gasteiger partial charge in [-0.2, -0.15) is 0 Å². The second kappa shape index (κ2) is 7.61. The Morgan fingerprint density at radius 3 is 2.63 bits per heavy atom. The molecule has 2 aromatic carbocycles. The molecule has 1 aliphatic rings. The van der Waals surface area contributed by atoms with Crippen LogP contribution in [0.3, 0.4) is 0 Å². The molecule has 2 aromatic rings. The minimum atomic E-state index is -0.465. The third-order valence-corrected chi connectivity index (χ3v) is 4.94. The predicted octanol–water partition coefficient (Wildman–Crippen LogP) is 3.08. The van der Waals surface area contributed by atoms with E-state index in [4.69, 9.17) is 4.74 Å². The summed E-state index contributed by atoms with van der Waals surface area (Å²) < 4.78 is 4.72. The number of amides is 2. The van der Waals surface area contributed by atoms with Gasteiger partial charge in [0, 0.05) is 24.3 Å². The fraction of sp³-hybridized carbons (Fsp3) is 0.286. The topological polar surface area (TPSA) is 75.7 Å². The minimum absolute atomic E-state index is 0.138. The molecule has 140 valence electrons. The maximum Gasteiger partial charge on any atom is 0.337 e. The lowest BCUT2D eigenvalue weighted by Gasteiger charge is -2.18. The van der Waals surface area contributed by atoms with Gasteiger partial charge in [0.2, 0.25) is 11.8 Å². The largest absolute Gasteiger partial charge is 0.465 e. The van der Waals surface area contributed by atoms with Crippen LogP contribution in [-0.2, 0) is 14.3 Å². The van der Waals surface area contributed by atoms with Gasteiger partial charge in [-0.05, 0) is 49.2 Å². The Morgan fingerprint density at radius 2 is 1.89 bits per heavy atom. The Morgan fingerprint density at radius 1 is 1.15 bits per heavy atom. The summed E-state index contributed by atoms with van der Waals surface area (Å²) in [6.07, 6.45) is 0.138. The number of carbonyl (C=O) groups excluding carboxylic acids is 3. The van der Waals surface area contributed by atoms with Crippen LogP contribution in [0.4, 0.5) is 11.4 Å². The maximum absolute atomic E-state index is 12.7. The van der Waals surface area contributed by atoms with Crippen LogP contribution in [0.25, 0.3) is 0 Å². The van der Waals surface area contributed by atoms with E-state index < -0.39 is 11.9 Å². The van der Waals surface area contributed by atoms with E-state index >= 15 is 0 Å². The zero-order valence-electron chi connectivity index (χ0n) is 15.6. The highest BCUT2D eigenvalue weighted by atomic mass is 16.5. The number of carbonyl (C=O) groups is 3. The Labute approximate surface area is 158 Å². The number of rotatable bonds is 4. The van der Waals surface area contributed by atoms with Crippen molar-refractivity contribution in [3.05, 3.63) is 59.2 Å². The van der Waals surface area contributed by atoms with Gasteiger partial charge >= 0.3 is 5.97 Å². The van der Waals surface area contributed by atoms with Crippen LogP contribution in [0, 0.1) is 19.8 Å².